The molecule has 0 unspecified atom stereocenters. The third-order valence-corrected chi connectivity index (χ3v) is 8.84. The summed E-state index contributed by atoms with van der Waals surface area (Å²) in [7, 11) is 1.69. The van der Waals surface area contributed by atoms with Gasteiger partial charge in [0.25, 0.3) is 17.7 Å². The number of halogens is 3. The van der Waals surface area contributed by atoms with Gasteiger partial charge in [-0.15, -0.1) is 0 Å². The normalized spacial score (nSPS) is 13.0. The zero-order valence-electron chi connectivity index (χ0n) is 28.5. The second-order valence-corrected chi connectivity index (χ2v) is 12.6. The van der Waals surface area contributed by atoms with Gasteiger partial charge >= 0.3 is 6.18 Å². The predicted octanol–water partition coefficient (Wildman–Crippen LogP) is 7.61. The summed E-state index contributed by atoms with van der Waals surface area (Å²) in [5.41, 5.74) is 3.66. The summed E-state index contributed by atoms with van der Waals surface area (Å²) in [6, 6.07) is 23.8. The molecule has 12 heteroatoms. The van der Waals surface area contributed by atoms with E-state index >= 15 is 0 Å². The second kappa shape index (κ2) is 15.9. The Labute approximate surface area is 299 Å². The van der Waals surface area contributed by atoms with E-state index in [0.717, 1.165) is 55.7 Å². The highest BCUT2D eigenvalue weighted by molar-refractivity contribution is 6.08. The van der Waals surface area contributed by atoms with Crippen LogP contribution in [0.1, 0.15) is 67.0 Å². The van der Waals surface area contributed by atoms with E-state index in [1.54, 1.807) is 66.8 Å². The van der Waals surface area contributed by atoms with Crippen LogP contribution in [-0.2, 0) is 19.3 Å². The maximum Gasteiger partial charge on any atom is 0.416 e. The Kier molecular flexibility index (Phi) is 10.9. The van der Waals surface area contributed by atoms with E-state index in [2.05, 4.69) is 25.5 Å². The van der Waals surface area contributed by atoms with Crippen LogP contribution < -0.4 is 15.5 Å². The number of nitrogens with one attached hydrogen (secondary N) is 2. The van der Waals surface area contributed by atoms with Crippen molar-refractivity contribution in [3.63, 3.8) is 0 Å². The van der Waals surface area contributed by atoms with E-state index < -0.39 is 23.6 Å². The molecule has 5 aromatic rings. The van der Waals surface area contributed by atoms with Gasteiger partial charge in [-0.05, 0) is 97.1 Å². The van der Waals surface area contributed by atoms with Crippen LogP contribution in [0.5, 0.6) is 0 Å². The van der Waals surface area contributed by atoms with Crippen molar-refractivity contribution in [2.24, 2.45) is 0 Å². The molecular formula is C40H37F3N6O3. The summed E-state index contributed by atoms with van der Waals surface area (Å²) >= 11 is 0. The van der Waals surface area contributed by atoms with Crippen LogP contribution in [0.25, 0.3) is 11.3 Å². The number of pyridine rings is 2. The van der Waals surface area contributed by atoms with Gasteiger partial charge in [-0.25, -0.2) is 0 Å². The van der Waals surface area contributed by atoms with Crippen molar-refractivity contribution in [1.29, 1.82) is 0 Å². The van der Waals surface area contributed by atoms with E-state index in [9.17, 15) is 27.6 Å². The lowest BCUT2D eigenvalue weighted by molar-refractivity contribution is -0.137. The number of hydrogen-bond donors (Lipinski definition) is 2. The average molecular weight is 707 g/mol. The topological polar surface area (TPSA) is 108 Å². The van der Waals surface area contributed by atoms with Gasteiger partial charge in [0.2, 0.25) is 0 Å². The van der Waals surface area contributed by atoms with Gasteiger partial charge in [0, 0.05) is 79.8 Å². The van der Waals surface area contributed by atoms with Crippen molar-refractivity contribution in [2.75, 3.05) is 30.4 Å². The summed E-state index contributed by atoms with van der Waals surface area (Å²) in [6.45, 7) is 2.01. The number of anilines is 2. The van der Waals surface area contributed by atoms with Crippen LogP contribution in [0.15, 0.2) is 110 Å². The average Bonchev–Trinajstić information content (AvgIpc) is 3.17. The minimum atomic E-state index is -4.49. The molecular weight excluding hydrogens is 669 g/mol. The lowest BCUT2D eigenvalue weighted by Crippen LogP contribution is -2.29. The van der Waals surface area contributed by atoms with Crippen LogP contribution in [0.4, 0.5) is 24.5 Å². The molecule has 1 fully saturated rings. The van der Waals surface area contributed by atoms with E-state index in [-0.39, 0.29) is 23.6 Å². The Morgan fingerprint density at radius 1 is 0.788 bits per heavy atom. The highest BCUT2D eigenvalue weighted by Gasteiger charge is 2.30. The van der Waals surface area contributed by atoms with Crippen molar-refractivity contribution in [3.8, 4) is 11.3 Å². The smallest absolute Gasteiger partial charge is 0.372 e. The number of amides is 3. The summed E-state index contributed by atoms with van der Waals surface area (Å²) in [6.07, 6.45) is 3.60. The van der Waals surface area contributed by atoms with Crippen LogP contribution in [0.3, 0.4) is 0 Å². The molecule has 266 valence electrons. The first kappa shape index (κ1) is 35.8. The molecule has 0 radical (unpaired) electrons. The van der Waals surface area contributed by atoms with Crippen LogP contribution >= 0.6 is 0 Å². The van der Waals surface area contributed by atoms with Crippen molar-refractivity contribution in [2.45, 2.75) is 38.5 Å². The molecule has 2 aromatic heterocycles. The summed E-state index contributed by atoms with van der Waals surface area (Å²) in [5, 5.41) is 5.67. The highest BCUT2D eigenvalue weighted by Crippen LogP contribution is 2.33. The number of hydrogen-bond acceptors (Lipinski definition) is 6. The standard InChI is InChI=1S/C40H37F3N6O3/c1-48(26-28-9-7-16-44-24-28)39(52)31-11-6-10-29(21-31)38(51)47-35-14-13-33(49-18-3-2-4-19-49)23-34(35)36-22-30(15-17-45-36)37(50)46-25-27-8-5-12-32(20-27)40(41,42)43/h5-17,20-24H,2-4,18-19,25-26H2,1H3,(H,46,50)(H,47,51). The Morgan fingerprint density at radius 2 is 1.54 bits per heavy atom. The molecule has 0 spiro atoms. The van der Waals surface area contributed by atoms with Crippen molar-refractivity contribution >= 4 is 29.1 Å². The molecule has 3 amide bonds. The fraction of sp³-hybridized carbons (Fsp3) is 0.225. The van der Waals surface area contributed by atoms with Crippen molar-refractivity contribution in [3.05, 3.63) is 143 Å². The van der Waals surface area contributed by atoms with Gasteiger partial charge in [-0.2, -0.15) is 13.2 Å². The monoisotopic (exact) mass is 706 g/mol. The molecule has 6 rings (SSSR count). The molecule has 52 heavy (non-hydrogen) atoms. The fourth-order valence-corrected chi connectivity index (χ4v) is 6.11. The fourth-order valence-electron chi connectivity index (χ4n) is 6.11. The minimum Gasteiger partial charge on any atom is -0.372 e. The lowest BCUT2D eigenvalue weighted by Gasteiger charge is -2.29. The number of carbonyl (C=O) groups is 3. The van der Waals surface area contributed by atoms with Crippen LogP contribution in [-0.4, -0.2) is 52.7 Å². The number of piperidine rings is 1. The molecule has 2 N–H and O–H groups in total. The highest BCUT2D eigenvalue weighted by atomic mass is 19.4. The Balaban J connectivity index is 1.24. The summed E-state index contributed by atoms with van der Waals surface area (Å²) in [4.78, 5) is 52.6. The Bertz CT molecular complexity index is 2070. The molecule has 1 saturated heterocycles. The van der Waals surface area contributed by atoms with Gasteiger partial charge in [0.15, 0.2) is 0 Å². The number of nitrogens with zero attached hydrogens (tertiary/aromatic N) is 4. The quantitative estimate of drug-likeness (QED) is 0.155. The number of carbonyl (C=O) groups excluding carboxylic acids is 3. The van der Waals surface area contributed by atoms with Gasteiger partial charge in [-0.3, -0.25) is 24.4 Å². The number of alkyl halides is 3. The van der Waals surface area contributed by atoms with Gasteiger partial charge < -0.3 is 20.4 Å². The SMILES string of the molecule is CN(Cc1cccnc1)C(=O)c1cccc(C(=O)Nc2ccc(N3CCCCC3)cc2-c2cc(C(=O)NCc3cccc(C(F)(F)F)c3)ccn2)c1. The third-order valence-electron chi connectivity index (χ3n) is 8.84. The van der Waals surface area contributed by atoms with Crippen molar-refractivity contribution in [1.82, 2.24) is 20.2 Å². The molecule has 3 heterocycles. The zero-order valence-corrected chi connectivity index (χ0v) is 28.5. The van der Waals surface area contributed by atoms with Crippen LogP contribution in [0, 0.1) is 0 Å². The predicted molar refractivity (Wildman–Crippen MR) is 193 cm³/mol. The van der Waals surface area contributed by atoms with Gasteiger partial charge in [0.05, 0.1) is 16.9 Å². The molecule has 1 aliphatic heterocycles. The number of rotatable bonds is 10. The number of aromatic nitrogens is 2. The Morgan fingerprint density at radius 3 is 2.31 bits per heavy atom. The molecule has 0 saturated carbocycles. The van der Waals surface area contributed by atoms with Gasteiger partial charge in [-0.1, -0.05) is 24.3 Å². The molecule has 0 bridgehead atoms. The maximum absolute atomic E-state index is 13.7. The summed E-state index contributed by atoms with van der Waals surface area (Å²) in [5.74, 6) is -1.18. The molecule has 1 aliphatic rings. The first-order valence-corrected chi connectivity index (χ1v) is 16.9. The Hall–Kier alpha value is -6.04. The first-order chi connectivity index (χ1) is 25.0. The maximum atomic E-state index is 13.7. The molecule has 0 atom stereocenters. The first-order valence-electron chi connectivity index (χ1n) is 16.9. The van der Waals surface area contributed by atoms with E-state index in [1.807, 2.05) is 18.2 Å². The van der Waals surface area contributed by atoms with E-state index in [1.165, 1.54) is 24.4 Å². The van der Waals surface area contributed by atoms with Crippen LogP contribution in [0.2, 0.25) is 0 Å². The van der Waals surface area contributed by atoms with Gasteiger partial charge in [0.1, 0.15) is 0 Å². The second-order valence-electron chi connectivity index (χ2n) is 12.6. The van der Waals surface area contributed by atoms with E-state index in [0.29, 0.717) is 34.6 Å². The molecule has 9 nitrogen and oxygen atoms in total. The number of benzene rings is 3. The molecule has 0 aliphatic carbocycles. The lowest BCUT2D eigenvalue weighted by atomic mass is 10.0. The third kappa shape index (κ3) is 8.81. The minimum absolute atomic E-state index is 0.104. The summed E-state index contributed by atoms with van der Waals surface area (Å²) < 4.78 is 39.6. The zero-order chi connectivity index (χ0) is 36.7. The van der Waals surface area contributed by atoms with Crippen molar-refractivity contribution < 1.29 is 27.6 Å². The van der Waals surface area contributed by atoms with E-state index in [4.69, 9.17) is 0 Å². The molecule has 3 aromatic carbocycles. The largest absolute Gasteiger partial charge is 0.416 e.